The standard InChI is InChI=1S/C13H17N3O/c1-9(2)8-12(17)15-13-14-10-6-4-5-7-11(10)16(13)3/h4-7,9H,8H2,1-3H3,(H,14,15,17). The molecule has 1 heterocycles. The van der Waals surface area contributed by atoms with Gasteiger partial charge in [0.2, 0.25) is 11.9 Å². The number of rotatable bonds is 3. The van der Waals surface area contributed by atoms with Gasteiger partial charge in [0.25, 0.3) is 0 Å². The Hall–Kier alpha value is -1.84. The van der Waals surface area contributed by atoms with Gasteiger partial charge in [-0.1, -0.05) is 26.0 Å². The Morgan fingerprint density at radius 3 is 2.76 bits per heavy atom. The first-order valence-corrected chi connectivity index (χ1v) is 5.79. The fourth-order valence-corrected chi connectivity index (χ4v) is 1.80. The van der Waals surface area contributed by atoms with Gasteiger partial charge in [-0.2, -0.15) is 0 Å². The van der Waals surface area contributed by atoms with E-state index in [2.05, 4.69) is 10.3 Å². The van der Waals surface area contributed by atoms with Crippen molar-refractivity contribution in [3.63, 3.8) is 0 Å². The van der Waals surface area contributed by atoms with E-state index >= 15 is 0 Å². The van der Waals surface area contributed by atoms with E-state index in [0.29, 0.717) is 18.3 Å². The molecule has 0 spiro atoms. The van der Waals surface area contributed by atoms with E-state index in [-0.39, 0.29) is 5.91 Å². The number of imidazole rings is 1. The minimum Gasteiger partial charge on any atom is -0.313 e. The number of carbonyl (C=O) groups is 1. The van der Waals surface area contributed by atoms with Gasteiger partial charge < -0.3 is 4.57 Å². The molecule has 0 fully saturated rings. The third-order valence-electron chi connectivity index (χ3n) is 2.63. The van der Waals surface area contributed by atoms with Crippen molar-refractivity contribution >= 4 is 22.9 Å². The lowest BCUT2D eigenvalue weighted by Crippen LogP contribution is -2.16. The summed E-state index contributed by atoms with van der Waals surface area (Å²) in [6.07, 6.45) is 0.517. The average Bonchev–Trinajstić information content (AvgIpc) is 2.55. The number of hydrogen-bond acceptors (Lipinski definition) is 2. The molecule has 90 valence electrons. The van der Waals surface area contributed by atoms with E-state index < -0.39 is 0 Å². The lowest BCUT2D eigenvalue weighted by molar-refractivity contribution is -0.116. The second-order valence-electron chi connectivity index (χ2n) is 4.63. The van der Waals surface area contributed by atoms with Gasteiger partial charge in [-0.05, 0) is 18.1 Å². The lowest BCUT2D eigenvalue weighted by Gasteiger charge is -2.06. The van der Waals surface area contributed by atoms with Crippen LogP contribution in [0.15, 0.2) is 24.3 Å². The molecule has 1 aromatic carbocycles. The fraction of sp³-hybridized carbons (Fsp3) is 0.385. The zero-order chi connectivity index (χ0) is 12.4. The third-order valence-corrected chi connectivity index (χ3v) is 2.63. The second kappa shape index (κ2) is 4.57. The van der Waals surface area contributed by atoms with Gasteiger partial charge in [-0.25, -0.2) is 4.98 Å². The summed E-state index contributed by atoms with van der Waals surface area (Å²) in [7, 11) is 1.90. The summed E-state index contributed by atoms with van der Waals surface area (Å²) in [6, 6.07) is 7.83. The molecule has 0 aliphatic carbocycles. The Bertz CT molecular complexity index is 543. The number of carbonyl (C=O) groups excluding carboxylic acids is 1. The molecule has 4 heteroatoms. The quantitative estimate of drug-likeness (QED) is 0.882. The molecule has 1 aromatic heterocycles. The van der Waals surface area contributed by atoms with Crippen LogP contribution in [0.1, 0.15) is 20.3 Å². The van der Waals surface area contributed by atoms with Crippen molar-refractivity contribution in [3.05, 3.63) is 24.3 Å². The molecule has 2 rings (SSSR count). The molecule has 4 nitrogen and oxygen atoms in total. The number of para-hydroxylation sites is 2. The largest absolute Gasteiger partial charge is 0.313 e. The van der Waals surface area contributed by atoms with Crippen LogP contribution in [-0.2, 0) is 11.8 Å². The highest BCUT2D eigenvalue weighted by Gasteiger charge is 2.11. The topological polar surface area (TPSA) is 46.9 Å². The number of aryl methyl sites for hydroxylation is 1. The predicted molar refractivity (Wildman–Crippen MR) is 68.8 cm³/mol. The van der Waals surface area contributed by atoms with Crippen molar-refractivity contribution in [2.75, 3.05) is 5.32 Å². The maximum absolute atomic E-state index is 11.7. The zero-order valence-corrected chi connectivity index (χ0v) is 10.4. The maximum Gasteiger partial charge on any atom is 0.226 e. The van der Waals surface area contributed by atoms with E-state index in [1.807, 2.05) is 49.7 Å². The molecule has 17 heavy (non-hydrogen) atoms. The van der Waals surface area contributed by atoms with Crippen LogP contribution in [0.4, 0.5) is 5.95 Å². The van der Waals surface area contributed by atoms with Gasteiger partial charge in [0.1, 0.15) is 0 Å². The van der Waals surface area contributed by atoms with Gasteiger partial charge in [0.15, 0.2) is 0 Å². The first-order chi connectivity index (χ1) is 8.08. The third kappa shape index (κ3) is 2.46. The first kappa shape index (κ1) is 11.6. The van der Waals surface area contributed by atoms with Crippen molar-refractivity contribution in [2.24, 2.45) is 13.0 Å². The molecule has 2 aromatic rings. The summed E-state index contributed by atoms with van der Waals surface area (Å²) in [5.41, 5.74) is 1.92. The number of aromatic nitrogens is 2. The molecule has 0 aliphatic rings. The van der Waals surface area contributed by atoms with Gasteiger partial charge in [-0.15, -0.1) is 0 Å². The minimum absolute atomic E-state index is 0.0124. The van der Waals surface area contributed by atoms with Crippen LogP contribution in [0.5, 0.6) is 0 Å². The van der Waals surface area contributed by atoms with E-state index in [0.717, 1.165) is 11.0 Å². The lowest BCUT2D eigenvalue weighted by atomic mass is 10.1. The number of nitrogens with zero attached hydrogens (tertiary/aromatic N) is 2. The van der Waals surface area contributed by atoms with Crippen LogP contribution < -0.4 is 5.32 Å². The van der Waals surface area contributed by atoms with Crippen LogP contribution in [0.25, 0.3) is 11.0 Å². The molecule has 0 radical (unpaired) electrons. The van der Waals surface area contributed by atoms with Crippen molar-refractivity contribution in [1.29, 1.82) is 0 Å². The molecule has 0 atom stereocenters. The number of nitrogens with one attached hydrogen (secondary N) is 1. The Balaban J connectivity index is 2.24. The molecular weight excluding hydrogens is 214 g/mol. The van der Waals surface area contributed by atoms with Crippen molar-refractivity contribution < 1.29 is 4.79 Å². The number of benzene rings is 1. The number of anilines is 1. The SMILES string of the molecule is CC(C)CC(=O)Nc1nc2ccccc2n1C. The molecule has 1 amide bonds. The Labute approximate surface area is 101 Å². The number of amides is 1. The molecular formula is C13H17N3O. The summed E-state index contributed by atoms with van der Waals surface area (Å²) in [6.45, 7) is 4.04. The Morgan fingerprint density at radius 1 is 1.41 bits per heavy atom. The number of fused-ring (bicyclic) bond motifs is 1. The highest BCUT2D eigenvalue weighted by molar-refractivity contribution is 5.91. The smallest absolute Gasteiger partial charge is 0.226 e. The molecule has 0 saturated carbocycles. The van der Waals surface area contributed by atoms with Gasteiger partial charge in [0.05, 0.1) is 11.0 Å². The van der Waals surface area contributed by atoms with Crippen molar-refractivity contribution in [1.82, 2.24) is 9.55 Å². The van der Waals surface area contributed by atoms with Gasteiger partial charge >= 0.3 is 0 Å². The summed E-state index contributed by atoms with van der Waals surface area (Å²) in [4.78, 5) is 16.1. The molecule has 0 saturated heterocycles. The Kier molecular flexibility index (Phi) is 3.13. The fourth-order valence-electron chi connectivity index (χ4n) is 1.80. The first-order valence-electron chi connectivity index (χ1n) is 5.79. The van der Waals surface area contributed by atoms with Crippen LogP contribution in [-0.4, -0.2) is 15.5 Å². The molecule has 0 unspecified atom stereocenters. The maximum atomic E-state index is 11.7. The van der Waals surface area contributed by atoms with Crippen molar-refractivity contribution in [3.8, 4) is 0 Å². The summed E-state index contributed by atoms with van der Waals surface area (Å²) < 4.78 is 1.90. The highest BCUT2D eigenvalue weighted by Crippen LogP contribution is 2.17. The monoisotopic (exact) mass is 231 g/mol. The molecule has 1 N–H and O–H groups in total. The van der Waals surface area contributed by atoms with Crippen LogP contribution in [0, 0.1) is 5.92 Å². The van der Waals surface area contributed by atoms with Crippen LogP contribution in [0.2, 0.25) is 0 Å². The van der Waals surface area contributed by atoms with E-state index in [9.17, 15) is 4.79 Å². The van der Waals surface area contributed by atoms with Crippen LogP contribution >= 0.6 is 0 Å². The highest BCUT2D eigenvalue weighted by atomic mass is 16.1. The van der Waals surface area contributed by atoms with Crippen LogP contribution in [0.3, 0.4) is 0 Å². The second-order valence-corrected chi connectivity index (χ2v) is 4.63. The normalized spacial score (nSPS) is 11.1. The number of hydrogen-bond donors (Lipinski definition) is 1. The summed E-state index contributed by atoms with van der Waals surface area (Å²) >= 11 is 0. The van der Waals surface area contributed by atoms with E-state index in [1.165, 1.54) is 0 Å². The Morgan fingerprint density at radius 2 is 2.12 bits per heavy atom. The molecule has 0 bridgehead atoms. The average molecular weight is 231 g/mol. The van der Waals surface area contributed by atoms with Gasteiger partial charge in [-0.3, -0.25) is 10.1 Å². The van der Waals surface area contributed by atoms with E-state index in [1.54, 1.807) is 0 Å². The van der Waals surface area contributed by atoms with Gasteiger partial charge in [0, 0.05) is 13.5 Å². The predicted octanol–water partition coefficient (Wildman–Crippen LogP) is 2.56. The summed E-state index contributed by atoms with van der Waals surface area (Å²) in [5, 5.41) is 2.84. The summed E-state index contributed by atoms with van der Waals surface area (Å²) in [5.74, 6) is 0.972. The van der Waals surface area contributed by atoms with E-state index in [4.69, 9.17) is 0 Å². The minimum atomic E-state index is 0.0124. The van der Waals surface area contributed by atoms with Crippen molar-refractivity contribution in [2.45, 2.75) is 20.3 Å². The molecule has 0 aliphatic heterocycles. The zero-order valence-electron chi connectivity index (χ0n) is 10.4.